The monoisotopic (exact) mass is 464 g/mol. The summed E-state index contributed by atoms with van der Waals surface area (Å²) in [6.07, 6.45) is 0. The number of amides is 1. The second-order valence-corrected chi connectivity index (χ2v) is 10.7. The molecule has 6 nitrogen and oxygen atoms in total. The topological polar surface area (TPSA) is 60.2 Å². The Kier molecular flexibility index (Phi) is 7.20. The molecule has 0 N–H and O–H groups in total. The molecule has 0 aliphatic carbocycles. The zero-order valence-electron chi connectivity index (χ0n) is 19.8. The van der Waals surface area contributed by atoms with Crippen molar-refractivity contribution < 1.29 is 9.53 Å². The average Bonchev–Trinajstić information content (AvgIpc) is 3.21. The molecular weight excluding hydrogens is 432 g/mol. The molecule has 0 spiro atoms. The highest BCUT2D eigenvalue weighted by atomic mass is 32.2. The van der Waals surface area contributed by atoms with Crippen molar-refractivity contribution in [2.45, 2.75) is 50.1 Å². The van der Waals surface area contributed by atoms with E-state index in [2.05, 4.69) is 71.9 Å². The smallest absolute Gasteiger partial charge is 0.236 e. The molecule has 1 amide bonds. The lowest BCUT2D eigenvalue weighted by atomic mass is 9.87. The van der Waals surface area contributed by atoms with Gasteiger partial charge in [0.15, 0.2) is 11.0 Å². The number of carbonyl (C=O) groups excluding carboxylic acids is 1. The van der Waals surface area contributed by atoms with Crippen molar-refractivity contribution in [3.05, 3.63) is 65.7 Å². The summed E-state index contributed by atoms with van der Waals surface area (Å²) in [6, 6.07) is 18.8. The van der Waals surface area contributed by atoms with Crippen molar-refractivity contribution in [3.63, 3.8) is 0 Å². The van der Waals surface area contributed by atoms with E-state index >= 15 is 0 Å². The van der Waals surface area contributed by atoms with Gasteiger partial charge in [0.1, 0.15) is 0 Å². The molecule has 174 valence electrons. The number of hydrogen-bond acceptors (Lipinski definition) is 5. The number of nitrogens with zero attached hydrogens (tertiary/aromatic N) is 4. The van der Waals surface area contributed by atoms with Gasteiger partial charge in [-0.3, -0.25) is 9.36 Å². The number of carbonyl (C=O) groups is 1. The van der Waals surface area contributed by atoms with Crippen molar-refractivity contribution in [1.82, 2.24) is 19.7 Å². The maximum absolute atomic E-state index is 13.0. The van der Waals surface area contributed by atoms with Gasteiger partial charge in [-0.1, -0.05) is 87.1 Å². The molecule has 1 aliphatic heterocycles. The molecule has 1 aliphatic rings. The lowest BCUT2D eigenvalue weighted by Crippen LogP contribution is -2.44. The summed E-state index contributed by atoms with van der Waals surface area (Å²) in [6.45, 7) is 11.7. The van der Waals surface area contributed by atoms with Crippen LogP contribution in [0, 0.1) is 0 Å². The quantitative estimate of drug-likeness (QED) is 0.498. The van der Waals surface area contributed by atoms with Gasteiger partial charge in [-0.2, -0.15) is 0 Å². The predicted octanol–water partition coefficient (Wildman–Crippen LogP) is 4.63. The Labute approximate surface area is 200 Å². The number of benzene rings is 2. The number of hydrogen-bond donors (Lipinski definition) is 0. The first-order valence-corrected chi connectivity index (χ1v) is 12.3. The van der Waals surface area contributed by atoms with Crippen molar-refractivity contribution in [2.24, 2.45) is 0 Å². The average molecular weight is 465 g/mol. The highest BCUT2D eigenvalue weighted by Crippen LogP contribution is 2.30. The summed E-state index contributed by atoms with van der Waals surface area (Å²) in [5.41, 5.74) is 3.55. The van der Waals surface area contributed by atoms with E-state index in [4.69, 9.17) is 4.74 Å². The van der Waals surface area contributed by atoms with Crippen molar-refractivity contribution in [1.29, 1.82) is 0 Å². The maximum atomic E-state index is 13.0. The molecule has 1 fully saturated rings. The van der Waals surface area contributed by atoms with Gasteiger partial charge in [0.25, 0.3) is 0 Å². The van der Waals surface area contributed by atoms with E-state index in [9.17, 15) is 4.79 Å². The van der Waals surface area contributed by atoms with Gasteiger partial charge in [0, 0.05) is 18.7 Å². The van der Waals surface area contributed by atoms with Crippen molar-refractivity contribution in [2.75, 3.05) is 26.3 Å². The summed E-state index contributed by atoms with van der Waals surface area (Å²) in [5.74, 6) is 0.932. The fourth-order valence-corrected chi connectivity index (χ4v) is 4.80. The highest BCUT2D eigenvalue weighted by molar-refractivity contribution is 8.00. The second-order valence-electron chi connectivity index (χ2n) is 9.40. The number of thioether (sulfide) groups is 1. The van der Waals surface area contributed by atoms with Crippen LogP contribution in [-0.2, 0) is 21.5 Å². The molecule has 2 aromatic carbocycles. The summed E-state index contributed by atoms with van der Waals surface area (Å²) < 4.78 is 7.51. The van der Waals surface area contributed by atoms with Crippen LogP contribution in [0.1, 0.15) is 38.8 Å². The van der Waals surface area contributed by atoms with Gasteiger partial charge in [0.05, 0.1) is 25.0 Å². The molecule has 33 heavy (non-hydrogen) atoms. The second kappa shape index (κ2) is 10.1. The molecule has 1 saturated heterocycles. The third-order valence-electron chi connectivity index (χ3n) is 5.86. The fourth-order valence-electron chi connectivity index (χ4n) is 3.87. The molecule has 0 radical (unpaired) electrons. The van der Waals surface area contributed by atoms with Gasteiger partial charge in [-0.15, -0.1) is 10.2 Å². The molecule has 4 rings (SSSR count). The van der Waals surface area contributed by atoms with Crippen LogP contribution in [0.2, 0.25) is 0 Å². The first kappa shape index (κ1) is 23.5. The Balaban J connectivity index is 1.63. The molecular formula is C26H32N4O2S. The summed E-state index contributed by atoms with van der Waals surface area (Å²) >= 11 is 1.47. The van der Waals surface area contributed by atoms with Crippen LogP contribution in [0.15, 0.2) is 59.8 Å². The summed E-state index contributed by atoms with van der Waals surface area (Å²) in [5, 5.41) is 9.56. The number of ether oxygens (including phenoxy) is 1. The Hall–Kier alpha value is -2.64. The van der Waals surface area contributed by atoms with Crippen LogP contribution in [0.4, 0.5) is 0 Å². The minimum absolute atomic E-state index is 0.0898. The van der Waals surface area contributed by atoms with Crippen LogP contribution >= 0.6 is 11.8 Å². The standard InChI is InChI=1S/C26H32N4O2S/c1-19(24(31)29-14-16-32-17-15-29)33-25-28-27-23(30(25)18-20-8-6-5-7-9-20)21-10-12-22(13-11-21)26(2,3)4/h5-13,19H,14-18H2,1-4H3. The lowest BCUT2D eigenvalue weighted by Gasteiger charge is -2.28. The molecule has 1 atom stereocenters. The normalized spacial score (nSPS) is 15.5. The Morgan fingerprint density at radius 1 is 1.03 bits per heavy atom. The molecule has 7 heteroatoms. The number of aromatic nitrogens is 3. The minimum Gasteiger partial charge on any atom is -0.378 e. The predicted molar refractivity (Wildman–Crippen MR) is 132 cm³/mol. The van der Waals surface area contributed by atoms with E-state index in [1.165, 1.54) is 22.9 Å². The van der Waals surface area contributed by atoms with Gasteiger partial charge in [-0.05, 0) is 23.5 Å². The third kappa shape index (κ3) is 5.65. The van der Waals surface area contributed by atoms with E-state index in [1.807, 2.05) is 30.0 Å². The van der Waals surface area contributed by atoms with Gasteiger partial charge in [-0.25, -0.2) is 0 Å². The molecule has 1 unspecified atom stereocenters. The van der Waals surface area contributed by atoms with E-state index in [1.54, 1.807) is 0 Å². The first-order chi connectivity index (χ1) is 15.8. The van der Waals surface area contributed by atoms with E-state index in [0.717, 1.165) is 16.5 Å². The maximum Gasteiger partial charge on any atom is 0.236 e. The van der Waals surface area contributed by atoms with Gasteiger partial charge in [0.2, 0.25) is 5.91 Å². The van der Waals surface area contributed by atoms with Crippen molar-refractivity contribution in [3.8, 4) is 11.4 Å². The summed E-state index contributed by atoms with van der Waals surface area (Å²) in [7, 11) is 0. The van der Waals surface area contributed by atoms with Crippen LogP contribution in [-0.4, -0.2) is 57.1 Å². The molecule has 0 bridgehead atoms. The van der Waals surface area contributed by atoms with E-state index < -0.39 is 0 Å². The van der Waals surface area contributed by atoms with E-state index in [0.29, 0.717) is 32.8 Å². The Morgan fingerprint density at radius 2 is 1.70 bits per heavy atom. The zero-order valence-corrected chi connectivity index (χ0v) is 20.6. The Bertz CT molecular complexity index is 1070. The van der Waals surface area contributed by atoms with Crippen LogP contribution in [0.25, 0.3) is 11.4 Å². The van der Waals surface area contributed by atoms with Crippen LogP contribution in [0.5, 0.6) is 0 Å². The first-order valence-electron chi connectivity index (χ1n) is 11.4. The Morgan fingerprint density at radius 3 is 2.33 bits per heavy atom. The molecule has 1 aromatic heterocycles. The van der Waals surface area contributed by atoms with Crippen LogP contribution < -0.4 is 0 Å². The van der Waals surface area contributed by atoms with Gasteiger partial charge < -0.3 is 9.64 Å². The largest absolute Gasteiger partial charge is 0.378 e. The molecule has 3 aromatic rings. The third-order valence-corrected chi connectivity index (χ3v) is 6.93. The van der Waals surface area contributed by atoms with Crippen LogP contribution in [0.3, 0.4) is 0 Å². The molecule has 2 heterocycles. The fraction of sp³-hybridized carbons (Fsp3) is 0.423. The van der Waals surface area contributed by atoms with E-state index in [-0.39, 0.29) is 16.6 Å². The SMILES string of the molecule is CC(Sc1nnc(-c2ccc(C(C)(C)C)cc2)n1Cc1ccccc1)C(=O)N1CCOCC1. The molecule has 0 saturated carbocycles. The van der Waals surface area contributed by atoms with Crippen molar-refractivity contribution >= 4 is 17.7 Å². The summed E-state index contributed by atoms with van der Waals surface area (Å²) in [4.78, 5) is 14.9. The number of rotatable bonds is 6. The minimum atomic E-state index is -0.252. The number of morpholine rings is 1. The lowest BCUT2D eigenvalue weighted by molar-refractivity contribution is -0.134. The zero-order chi connectivity index (χ0) is 23.4. The highest BCUT2D eigenvalue weighted by Gasteiger charge is 2.26. The van der Waals surface area contributed by atoms with Gasteiger partial charge >= 0.3 is 0 Å².